The molecule has 0 saturated carbocycles. The van der Waals surface area contributed by atoms with Crippen molar-refractivity contribution in [2.75, 3.05) is 39.2 Å². The summed E-state index contributed by atoms with van der Waals surface area (Å²) in [7, 11) is 1.67. The van der Waals surface area contributed by atoms with E-state index in [2.05, 4.69) is 20.8 Å². The van der Waals surface area contributed by atoms with Gasteiger partial charge in [-0.15, -0.1) is 5.10 Å². The molecule has 92 valence electrons. The Balaban J connectivity index is 2.22. The van der Waals surface area contributed by atoms with Crippen LogP contribution in [-0.2, 0) is 11.3 Å². The van der Waals surface area contributed by atoms with Crippen LogP contribution < -0.4 is 5.32 Å². The smallest absolute Gasteiger partial charge is 0.209 e. The number of rotatable bonds is 9. The van der Waals surface area contributed by atoms with Gasteiger partial charge in [-0.3, -0.25) is 0 Å². The van der Waals surface area contributed by atoms with Gasteiger partial charge in [0.05, 0.1) is 19.8 Å². The third-order valence-electron chi connectivity index (χ3n) is 1.80. The van der Waals surface area contributed by atoms with Crippen LogP contribution in [0.2, 0.25) is 0 Å². The van der Waals surface area contributed by atoms with Crippen LogP contribution in [0.1, 0.15) is 0 Å². The fourth-order valence-corrected chi connectivity index (χ4v) is 1.71. The van der Waals surface area contributed by atoms with Gasteiger partial charge in [0.25, 0.3) is 0 Å². The van der Waals surface area contributed by atoms with E-state index in [0.29, 0.717) is 18.9 Å². The van der Waals surface area contributed by atoms with Crippen LogP contribution in [0, 0.1) is 0 Å². The quantitative estimate of drug-likeness (QED) is 0.427. The predicted molar refractivity (Wildman–Crippen MR) is 60.4 cm³/mol. The number of tetrazole rings is 1. The van der Waals surface area contributed by atoms with Crippen LogP contribution in [0.3, 0.4) is 0 Å². The van der Waals surface area contributed by atoms with Crippen LogP contribution in [0.15, 0.2) is 5.16 Å². The van der Waals surface area contributed by atoms with Gasteiger partial charge < -0.3 is 15.2 Å². The van der Waals surface area contributed by atoms with Gasteiger partial charge >= 0.3 is 0 Å². The first-order chi connectivity index (χ1) is 7.88. The van der Waals surface area contributed by atoms with Gasteiger partial charge in [0, 0.05) is 26.0 Å². The molecular weight excluding hydrogens is 230 g/mol. The number of nitrogens with zero attached hydrogens (tertiary/aromatic N) is 4. The molecule has 0 bridgehead atoms. The Morgan fingerprint density at radius 2 is 2.38 bits per heavy atom. The molecule has 7 nitrogen and oxygen atoms in total. The maximum atomic E-state index is 8.70. The third-order valence-corrected chi connectivity index (χ3v) is 2.74. The van der Waals surface area contributed by atoms with Crippen LogP contribution in [0.25, 0.3) is 0 Å². The summed E-state index contributed by atoms with van der Waals surface area (Å²) in [6.07, 6.45) is 0. The van der Waals surface area contributed by atoms with Crippen LogP contribution in [0.4, 0.5) is 0 Å². The number of hydrogen-bond acceptors (Lipinski definition) is 7. The minimum absolute atomic E-state index is 0.129. The lowest BCUT2D eigenvalue weighted by Gasteiger charge is -2.05. The molecule has 0 radical (unpaired) electrons. The lowest BCUT2D eigenvalue weighted by atomic mass is 10.6. The van der Waals surface area contributed by atoms with Crippen molar-refractivity contribution in [3.8, 4) is 0 Å². The van der Waals surface area contributed by atoms with Gasteiger partial charge in [-0.1, -0.05) is 11.8 Å². The molecule has 0 atom stereocenters. The Labute approximate surface area is 98.6 Å². The van der Waals surface area contributed by atoms with Crippen LogP contribution >= 0.6 is 11.8 Å². The Kier molecular flexibility index (Phi) is 7.06. The summed E-state index contributed by atoms with van der Waals surface area (Å²) in [6.45, 7) is 3.15. The topological polar surface area (TPSA) is 85.1 Å². The number of aliphatic hydroxyl groups excluding tert-OH is 1. The van der Waals surface area contributed by atoms with E-state index >= 15 is 0 Å². The summed E-state index contributed by atoms with van der Waals surface area (Å²) in [6, 6.07) is 0. The summed E-state index contributed by atoms with van der Waals surface area (Å²) >= 11 is 1.45. The second-order valence-corrected chi connectivity index (χ2v) is 4.06. The van der Waals surface area contributed by atoms with Crippen LogP contribution in [0.5, 0.6) is 0 Å². The minimum atomic E-state index is 0.129. The van der Waals surface area contributed by atoms with Crippen molar-refractivity contribution >= 4 is 11.8 Å². The average Bonchev–Trinajstić information content (AvgIpc) is 2.74. The fourth-order valence-electron chi connectivity index (χ4n) is 1.06. The molecule has 1 rings (SSSR count). The summed E-state index contributed by atoms with van der Waals surface area (Å²) < 4.78 is 6.64. The molecule has 1 aromatic rings. The average molecular weight is 247 g/mol. The zero-order valence-corrected chi connectivity index (χ0v) is 10.1. The van der Waals surface area contributed by atoms with E-state index in [4.69, 9.17) is 9.84 Å². The monoisotopic (exact) mass is 247 g/mol. The molecule has 0 fully saturated rings. The molecule has 0 aliphatic heterocycles. The van der Waals surface area contributed by atoms with Gasteiger partial charge in [0.1, 0.15) is 0 Å². The molecule has 0 spiro atoms. The van der Waals surface area contributed by atoms with E-state index in [1.807, 2.05) is 0 Å². The minimum Gasteiger partial charge on any atom is -0.396 e. The first-order valence-electron chi connectivity index (χ1n) is 5.08. The number of nitrogens with one attached hydrogen (secondary N) is 1. The van der Waals surface area contributed by atoms with Crippen molar-refractivity contribution in [2.45, 2.75) is 11.7 Å². The fraction of sp³-hybridized carbons (Fsp3) is 0.875. The van der Waals surface area contributed by atoms with E-state index in [1.165, 1.54) is 11.8 Å². The van der Waals surface area contributed by atoms with Crippen LogP contribution in [-0.4, -0.2) is 64.5 Å². The lowest BCUT2D eigenvalue weighted by Crippen LogP contribution is -2.24. The SMILES string of the molecule is COCCNCCn1nnnc1SCCO. The zero-order chi connectivity index (χ0) is 11.6. The second kappa shape index (κ2) is 8.45. The first-order valence-corrected chi connectivity index (χ1v) is 6.06. The van der Waals surface area contributed by atoms with E-state index in [-0.39, 0.29) is 6.61 Å². The molecule has 0 aliphatic rings. The molecular formula is C8H17N5O2S. The molecule has 0 aromatic carbocycles. The van der Waals surface area contributed by atoms with E-state index in [1.54, 1.807) is 11.8 Å². The van der Waals surface area contributed by atoms with Gasteiger partial charge in [-0.25, -0.2) is 4.68 Å². The highest BCUT2D eigenvalue weighted by Gasteiger charge is 2.05. The predicted octanol–water partition coefficient (Wildman–Crippen LogP) is -1.01. The largest absolute Gasteiger partial charge is 0.396 e. The number of hydrogen-bond donors (Lipinski definition) is 2. The van der Waals surface area contributed by atoms with E-state index < -0.39 is 0 Å². The molecule has 0 unspecified atom stereocenters. The second-order valence-electron chi connectivity index (χ2n) is 3.00. The van der Waals surface area contributed by atoms with Crippen molar-refractivity contribution in [3.05, 3.63) is 0 Å². The number of aliphatic hydroxyl groups is 1. The van der Waals surface area contributed by atoms with Gasteiger partial charge in [0.15, 0.2) is 0 Å². The molecule has 1 heterocycles. The molecule has 8 heteroatoms. The Morgan fingerprint density at radius 1 is 1.50 bits per heavy atom. The first kappa shape index (κ1) is 13.4. The normalized spacial score (nSPS) is 10.9. The third kappa shape index (κ3) is 4.88. The van der Waals surface area contributed by atoms with E-state index in [0.717, 1.165) is 18.2 Å². The van der Waals surface area contributed by atoms with Gasteiger partial charge in [0.2, 0.25) is 5.16 Å². The van der Waals surface area contributed by atoms with Gasteiger partial charge in [-0.2, -0.15) is 0 Å². The zero-order valence-electron chi connectivity index (χ0n) is 9.30. The van der Waals surface area contributed by atoms with Crippen molar-refractivity contribution in [3.63, 3.8) is 0 Å². The standard InChI is InChI=1S/C8H17N5O2S/c1-15-6-3-9-2-4-13-8(10-11-12-13)16-7-5-14/h9,14H,2-7H2,1H3. The highest BCUT2D eigenvalue weighted by Crippen LogP contribution is 2.11. The van der Waals surface area contributed by atoms with E-state index in [9.17, 15) is 0 Å². The number of aromatic nitrogens is 4. The summed E-state index contributed by atoms with van der Waals surface area (Å²) in [5, 5.41) is 24.0. The summed E-state index contributed by atoms with van der Waals surface area (Å²) in [5.74, 6) is 0.609. The Bertz CT molecular complexity index is 283. The van der Waals surface area contributed by atoms with Crippen molar-refractivity contribution in [1.29, 1.82) is 0 Å². The molecule has 2 N–H and O–H groups in total. The number of ether oxygens (including phenoxy) is 1. The molecule has 16 heavy (non-hydrogen) atoms. The molecule has 0 saturated heterocycles. The number of methoxy groups -OCH3 is 1. The van der Waals surface area contributed by atoms with Crippen molar-refractivity contribution in [2.24, 2.45) is 0 Å². The maximum absolute atomic E-state index is 8.70. The molecule has 1 aromatic heterocycles. The van der Waals surface area contributed by atoms with Crippen molar-refractivity contribution in [1.82, 2.24) is 25.5 Å². The Morgan fingerprint density at radius 3 is 3.12 bits per heavy atom. The summed E-state index contributed by atoms with van der Waals surface area (Å²) in [5.41, 5.74) is 0. The maximum Gasteiger partial charge on any atom is 0.209 e. The highest BCUT2D eigenvalue weighted by atomic mass is 32.2. The highest BCUT2D eigenvalue weighted by molar-refractivity contribution is 7.99. The molecule has 0 aliphatic carbocycles. The molecule has 0 amide bonds. The van der Waals surface area contributed by atoms with Crippen molar-refractivity contribution < 1.29 is 9.84 Å². The summed E-state index contributed by atoms with van der Waals surface area (Å²) in [4.78, 5) is 0. The lowest BCUT2D eigenvalue weighted by molar-refractivity contribution is 0.199. The Hall–Kier alpha value is -0.700. The number of thioether (sulfide) groups is 1. The van der Waals surface area contributed by atoms with Gasteiger partial charge in [-0.05, 0) is 10.4 Å².